The van der Waals surface area contributed by atoms with E-state index >= 15 is 0 Å². The summed E-state index contributed by atoms with van der Waals surface area (Å²) in [6.45, 7) is 8.55. The maximum atomic E-state index is 11.5. The highest BCUT2D eigenvalue weighted by molar-refractivity contribution is 5.92. The van der Waals surface area contributed by atoms with E-state index in [1.54, 1.807) is 6.92 Å². The van der Waals surface area contributed by atoms with Crippen LogP contribution < -0.4 is 0 Å². The summed E-state index contributed by atoms with van der Waals surface area (Å²) < 4.78 is 5.30. The van der Waals surface area contributed by atoms with Gasteiger partial charge in [0.15, 0.2) is 0 Å². The maximum absolute atomic E-state index is 11.5. The standard InChI is InChI=1S/C10H17NO2/c1-9(2)10(12)11-5-3-7-13-8-4-6-11/h1,3-8H2,2H3. The number of hydrogen-bond donors (Lipinski definition) is 0. The second-order valence-corrected chi connectivity index (χ2v) is 3.39. The second kappa shape index (κ2) is 5.02. The summed E-state index contributed by atoms with van der Waals surface area (Å²) in [5, 5.41) is 0. The number of rotatable bonds is 1. The molecule has 1 rings (SSSR count). The van der Waals surface area contributed by atoms with Gasteiger partial charge in [-0.2, -0.15) is 0 Å². The van der Waals surface area contributed by atoms with Gasteiger partial charge in [-0.3, -0.25) is 4.79 Å². The summed E-state index contributed by atoms with van der Waals surface area (Å²) >= 11 is 0. The zero-order valence-electron chi connectivity index (χ0n) is 8.21. The SMILES string of the molecule is C=C(C)C(=O)N1CCCOCCC1. The zero-order chi connectivity index (χ0) is 9.68. The molecule has 0 radical (unpaired) electrons. The third-order valence-corrected chi connectivity index (χ3v) is 2.09. The molecule has 0 N–H and O–H groups in total. The van der Waals surface area contributed by atoms with Crippen LogP contribution in [0, 0.1) is 0 Å². The van der Waals surface area contributed by atoms with Crippen molar-refractivity contribution >= 4 is 5.91 Å². The molecule has 3 nitrogen and oxygen atoms in total. The lowest BCUT2D eigenvalue weighted by Gasteiger charge is -2.24. The van der Waals surface area contributed by atoms with E-state index < -0.39 is 0 Å². The van der Waals surface area contributed by atoms with Gasteiger partial charge in [0, 0.05) is 31.9 Å². The van der Waals surface area contributed by atoms with E-state index in [0.717, 1.165) is 39.1 Å². The van der Waals surface area contributed by atoms with Crippen LogP contribution in [-0.4, -0.2) is 37.1 Å². The fourth-order valence-electron chi connectivity index (χ4n) is 1.40. The van der Waals surface area contributed by atoms with Crippen molar-refractivity contribution in [2.24, 2.45) is 0 Å². The van der Waals surface area contributed by atoms with Crippen molar-refractivity contribution in [3.8, 4) is 0 Å². The molecular formula is C10H17NO2. The highest BCUT2D eigenvalue weighted by atomic mass is 16.5. The number of carbonyl (C=O) groups excluding carboxylic acids is 1. The molecule has 74 valence electrons. The Bertz CT molecular complexity index is 193. The fraction of sp³-hybridized carbons (Fsp3) is 0.700. The van der Waals surface area contributed by atoms with Gasteiger partial charge in [-0.15, -0.1) is 0 Å². The summed E-state index contributed by atoms with van der Waals surface area (Å²) in [7, 11) is 0. The van der Waals surface area contributed by atoms with E-state index in [0.29, 0.717) is 5.57 Å². The summed E-state index contributed by atoms with van der Waals surface area (Å²) in [6.07, 6.45) is 1.86. The maximum Gasteiger partial charge on any atom is 0.248 e. The van der Waals surface area contributed by atoms with E-state index in [1.807, 2.05) is 4.90 Å². The summed E-state index contributed by atoms with van der Waals surface area (Å²) in [6, 6.07) is 0. The third-order valence-electron chi connectivity index (χ3n) is 2.09. The Hall–Kier alpha value is -0.830. The van der Waals surface area contributed by atoms with Gasteiger partial charge in [0.05, 0.1) is 0 Å². The first kappa shape index (κ1) is 10.3. The van der Waals surface area contributed by atoms with Crippen LogP contribution in [0.4, 0.5) is 0 Å². The first-order valence-electron chi connectivity index (χ1n) is 4.74. The summed E-state index contributed by atoms with van der Waals surface area (Å²) in [5.41, 5.74) is 0.626. The van der Waals surface area contributed by atoms with Gasteiger partial charge in [-0.05, 0) is 19.8 Å². The molecule has 0 aromatic carbocycles. The number of nitrogens with zero attached hydrogens (tertiary/aromatic N) is 1. The molecule has 0 bridgehead atoms. The second-order valence-electron chi connectivity index (χ2n) is 3.39. The van der Waals surface area contributed by atoms with Gasteiger partial charge < -0.3 is 9.64 Å². The van der Waals surface area contributed by atoms with E-state index in [4.69, 9.17) is 4.74 Å². The lowest BCUT2D eigenvalue weighted by atomic mass is 10.2. The van der Waals surface area contributed by atoms with Gasteiger partial charge in [0.2, 0.25) is 5.91 Å². The molecule has 0 aliphatic carbocycles. The minimum Gasteiger partial charge on any atom is -0.381 e. The molecule has 3 heteroatoms. The summed E-state index contributed by atoms with van der Waals surface area (Å²) in [5.74, 6) is 0.0851. The van der Waals surface area contributed by atoms with Crippen LogP contribution >= 0.6 is 0 Å². The number of hydrogen-bond acceptors (Lipinski definition) is 2. The Morgan fingerprint density at radius 2 is 1.85 bits per heavy atom. The number of ether oxygens (including phenoxy) is 1. The van der Waals surface area contributed by atoms with Crippen molar-refractivity contribution in [2.45, 2.75) is 19.8 Å². The highest BCUT2D eigenvalue weighted by Crippen LogP contribution is 2.04. The van der Waals surface area contributed by atoms with Gasteiger partial charge >= 0.3 is 0 Å². The predicted octanol–water partition coefficient (Wildman–Crippen LogP) is 1.20. The quantitative estimate of drug-likeness (QED) is 0.572. The topological polar surface area (TPSA) is 29.5 Å². The molecular weight excluding hydrogens is 166 g/mol. The molecule has 0 aromatic heterocycles. The average Bonchev–Trinajstić information content (AvgIpc) is 2.02. The molecule has 0 unspecified atom stereocenters. The van der Waals surface area contributed by atoms with Crippen molar-refractivity contribution in [3.63, 3.8) is 0 Å². The van der Waals surface area contributed by atoms with Crippen LogP contribution in [0.25, 0.3) is 0 Å². The molecule has 1 aliphatic heterocycles. The third kappa shape index (κ3) is 3.19. The first-order chi connectivity index (χ1) is 6.22. The van der Waals surface area contributed by atoms with Crippen molar-refractivity contribution in [1.29, 1.82) is 0 Å². The fourth-order valence-corrected chi connectivity index (χ4v) is 1.40. The molecule has 1 aliphatic rings. The lowest BCUT2D eigenvalue weighted by Crippen LogP contribution is -2.35. The molecule has 0 spiro atoms. The van der Waals surface area contributed by atoms with Crippen LogP contribution in [0.1, 0.15) is 19.8 Å². The van der Waals surface area contributed by atoms with Crippen LogP contribution in [0.3, 0.4) is 0 Å². The molecule has 1 heterocycles. The van der Waals surface area contributed by atoms with Gasteiger partial charge in [0.1, 0.15) is 0 Å². The Kier molecular flexibility index (Phi) is 3.96. The van der Waals surface area contributed by atoms with E-state index in [2.05, 4.69) is 6.58 Å². The normalized spacial score (nSPS) is 19.0. The Morgan fingerprint density at radius 1 is 1.31 bits per heavy atom. The minimum atomic E-state index is 0.0851. The molecule has 1 saturated heterocycles. The Balaban J connectivity index is 2.45. The molecule has 0 aromatic rings. The van der Waals surface area contributed by atoms with Gasteiger partial charge in [0.25, 0.3) is 0 Å². The molecule has 13 heavy (non-hydrogen) atoms. The van der Waals surface area contributed by atoms with Crippen molar-refractivity contribution in [3.05, 3.63) is 12.2 Å². The number of amides is 1. The van der Waals surface area contributed by atoms with Crippen LogP contribution in [0.15, 0.2) is 12.2 Å². The molecule has 1 amide bonds. The summed E-state index contributed by atoms with van der Waals surface area (Å²) in [4.78, 5) is 13.4. The van der Waals surface area contributed by atoms with Crippen LogP contribution in [0.2, 0.25) is 0 Å². The van der Waals surface area contributed by atoms with Crippen molar-refractivity contribution < 1.29 is 9.53 Å². The van der Waals surface area contributed by atoms with E-state index in [1.165, 1.54) is 0 Å². The van der Waals surface area contributed by atoms with Crippen LogP contribution in [0.5, 0.6) is 0 Å². The van der Waals surface area contributed by atoms with Crippen LogP contribution in [-0.2, 0) is 9.53 Å². The first-order valence-corrected chi connectivity index (χ1v) is 4.74. The monoisotopic (exact) mass is 183 g/mol. The largest absolute Gasteiger partial charge is 0.381 e. The van der Waals surface area contributed by atoms with E-state index in [9.17, 15) is 4.79 Å². The van der Waals surface area contributed by atoms with Gasteiger partial charge in [-0.25, -0.2) is 0 Å². The lowest BCUT2D eigenvalue weighted by molar-refractivity contribution is -0.128. The zero-order valence-corrected chi connectivity index (χ0v) is 8.21. The van der Waals surface area contributed by atoms with Crippen molar-refractivity contribution in [2.75, 3.05) is 26.3 Å². The minimum absolute atomic E-state index is 0.0851. The Morgan fingerprint density at radius 3 is 2.31 bits per heavy atom. The van der Waals surface area contributed by atoms with Crippen molar-refractivity contribution in [1.82, 2.24) is 4.90 Å². The highest BCUT2D eigenvalue weighted by Gasteiger charge is 2.14. The molecule has 0 saturated carbocycles. The van der Waals surface area contributed by atoms with E-state index in [-0.39, 0.29) is 5.91 Å². The Labute approximate surface area is 79.4 Å². The smallest absolute Gasteiger partial charge is 0.248 e. The molecule has 0 atom stereocenters. The molecule has 1 fully saturated rings. The number of carbonyl (C=O) groups is 1. The average molecular weight is 183 g/mol. The predicted molar refractivity (Wildman–Crippen MR) is 51.4 cm³/mol. The van der Waals surface area contributed by atoms with Gasteiger partial charge in [-0.1, -0.05) is 6.58 Å².